The van der Waals surface area contributed by atoms with Crippen molar-refractivity contribution in [3.63, 3.8) is 0 Å². The molecular weight excluding hydrogens is 805 g/mol. The van der Waals surface area contributed by atoms with E-state index in [-0.39, 0.29) is 73.7 Å². The third kappa shape index (κ3) is 13.3. The van der Waals surface area contributed by atoms with Crippen LogP contribution < -0.4 is 51.0 Å². The van der Waals surface area contributed by atoms with Crippen molar-refractivity contribution in [3.05, 3.63) is 0 Å². The first kappa shape index (κ1) is 53.7. The molecule has 0 spiro atoms. The number of Topliss-reactive ketones (excluding diaryl/α,β-unsaturated/α-hetero) is 2. The summed E-state index contributed by atoms with van der Waals surface area (Å²) in [7, 11) is 2.61. The average Bonchev–Trinajstić information content (AvgIpc) is 3.73. The molecule has 322 valence electrons. The Balaban J connectivity index is 0. The number of nitrogens with one attached hydrogen (secondary N) is 2. The topological polar surface area (TPSA) is 397 Å². The minimum Gasteiger partial charge on any atom is -0.548 e. The van der Waals surface area contributed by atoms with Gasteiger partial charge in [0.2, 0.25) is 35.4 Å². The van der Waals surface area contributed by atoms with Crippen LogP contribution in [-0.2, 0) is 67.1 Å². The van der Waals surface area contributed by atoms with Gasteiger partial charge in [0, 0.05) is 33.7 Å². The Morgan fingerprint density at radius 3 is 1.46 bits per heavy atom. The van der Waals surface area contributed by atoms with Crippen LogP contribution in [0.15, 0.2) is 0 Å². The van der Waals surface area contributed by atoms with Gasteiger partial charge in [-0.05, 0) is 20.9 Å². The molecule has 25 nitrogen and oxygen atoms in total. The fourth-order valence-corrected chi connectivity index (χ4v) is 6.00. The van der Waals surface area contributed by atoms with Crippen LogP contribution >= 0.6 is 0 Å². The maximum atomic E-state index is 12.9. The summed E-state index contributed by atoms with van der Waals surface area (Å²) in [4.78, 5) is 166. The molecule has 0 saturated carbocycles. The van der Waals surface area contributed by atoms with Crippen molar-refractivity contribution in [2.75, 3.05) is 14.1 Å². The van der Waals surface area contributed by atoms with E-state index in [0.29, 0.717) is 9.80 Å². The minimum atomic E-state index is -1.47. The van der Waals surface area contributed by atoms with E-state index in [1.165, 1.54) is 34.9 Å². The number of nitrogens with two attached hydrogens (primary N) is 1. The normalized spacial score (nSPS) is 22.7. The van der Waals surface area contributed by atoms with Crippen molar-refractivity contribution in [2.45, 2.75) is 102 Å². The quantitative estimate of drug-likeness (QED) is 0.0800. The van der Waals surface area contributed by atoms with Gasteiger partial charge in [-0.15, -0.1) is 0 Å². The fourth-order valence-electron chi connectivity index (χ4n) is 6.00. The van der Waals surface area contributed by atoms with Crippen LogP contribution in [0.1, 0.15) is 67.1 Å². The van der Waals surface area contributed by atoms with E-state index in [2.05, 4.69) is 10.6 Å². The van der Waals surface area contributed by atoms with Gasteiger partial charge in [0.15, 0.2) is 5.78 Å². The number of rotatable bonds is 14. The first-order chi connectivity index (χ1) is 26.3. The van der Waals surface area contributed by atoms with Crippen LogP contribution in [0.4, 0.5) is 0 Å². The molecule has 9 amide bonds. The number of carbonyl (C=O) groups excluding carboxylic acids is 12. The number of ketones is 2. The molecule has 0 aliphatic carbocycles. The molecule has 4 aliphatic heterocycles. The first-order valence-corrected chi connectivity index (χ1v) is 17.1. The van der Waals surface area contributed by atoms with Crippen molar-refractivity contribution in [3.8, 4) is 0 Å². The van der Waals surface area contributed by atoms with E-state index in [1.54, 1.807) is 0 Å². The van der Waals surface area contributed by atoms with Crippen LogP contribution in [0.3, 0.4) is 0 Å². The molecule has 0 aromatic carbocycles. The molecule has 4 heterocycles. The summed E-state index contributed by atoms with van der Waals surface area (Å²) in [6.07, 6.45) is -2.42. The smallest absolute Gasteiger partial charge is 0.548 e. The van der Waals surface area contributed by atoms with E-state index in [1.807, 2.05) is 0 Å². The second-order valence-electron chi connectivity index (χ2n) is 13.4. The molecule has 0 bridgehead atoms. The van der Waals surface area contributed by atoms with Crippen molar-refractivity contribution in [1.29, 1.82) is 0 Å². The number of imide groups is 4. The Morgan fingerprint density at radius 1 is 0.729 bits per heavy atom. The van der Waals surface area contributed by atoms with Gasteiger partial charge in [-0.25, -0.2) is 0 Å². The van der Waals surface area contributed by atoms with Gasteiger partial charge in [-0.2, -0.15) is 0 Å². The molecule has 4 fully saturated rings. The van der Waals surface area contributed by atoms with Crippen molar-refractivity contribution in [2.24, 2.45) is 11.7 Å². The minimum absolute atomic E-state index is 0. The molecule has 7 atom stereocenters. The molecule has 0 radical (unpaired) electrons. The SMILES string of the molecule is CC1CC(=O)N(C2CC(=O)N(C3CC(=O)N(C4CC(=O)N(C)C4=O)C3=O)C2=O)C1=O.CNC(CC(=O)NC(CC(C)=O)C(C)=O)C(=O)[O-].NC(CC(=O)O)C(=O)O.O.[2HH].[Na+]. The van der Waals surface area contributed by atoms with Crippen molar-refractivity contribution < 1.29 is 119 Å². The zero-order valence-electron chi connectivity index (χ0n) is 32.9. The molecule has 4 rings (SSSR count). The second kappa shape index (κ2) is 22.7. The molecule has 0 aromatic heterocycles. The fraction of sp³-hybridized carbons (Fsp3) is 0.576. The first-order valence-electron chi connectivity index (χ1n) is 17.1. The monoisotopic (exact) mass is 852 g/mol. The molecule has 0 aromatic rings. The zero-order chi connectivity index (χ0) is 43.8. The van der Waals surface area contributed by atoms with Gasteiger partial charge in [0.25, 0.3) is 17.7 Å². The number of hydrogen-bond acceptors (Lipinski definition) is 17. The summed E-state index contributed by atoms with van der Waals surface area (Å²) < 4.78 is 0. The third-order valence-corrected chi connectivity index (χ3v) is 9.07. The maximum absolute atomic E-state index is 12.9. The molecule has 59 heavy (non-hydrogen) atoms. The summed E-state index contributed by atoms with van der Waals surface area (Å²) in [6, 6.07) is -7.45. The summed E-state index contributed by atoms with van der Waals surface area (Å²) in [5.41, 5.74) is 4.84. The van der Waals surface area contributed by atoms with Crippen LogP contribution in [0.5, 0.6) is 0 Å². The van der Waals surface area contributed by atoms with Crippen LogP contribution in [0.2, 0.25) is 0 Å². The number of carboxylic acids is 3. The number of aliphatic carboxylic acids is 3. The number of nitrogens with zero attached hydrogens (tertiary/aromatic N) is 4. The van der Waals surface area contributed by atoms with E-state index in [9.17, 15) is 72.2 Å². The van der Waals surface area contributed by atoms with Crippen LogP contribution in [-0.4, -0.2) is 168 Å². The summed E-state index contributed by atoms with van der Waals surface area (Å²) in [5, 5.41) is 31.3. The van der Waals surface area contributed by atoms with Crippen molar-refractivity contribution in [1.82, 2.24) is 30.2 Å². The molecular formula is C33H46N7NaO18. The van der Waals surface area contributed by atoms with Gasteiger partial charge < -0.3 is 42.0 Å². The summed E-state index contributed by atoms with van der Waals surface area (Å²) >= 11 is 0. The third-order valence-electron chi connectivity index (χ3n) is 9.07. The Labute approximate surface area is 358 Å². The van der Waals surface area contributed by atoms with Crippen molar-refractivity contribution >= 4 is 82.6 Å². The van der Waals surface area contributed by atoms with Gasteiger partial charge in [-0.1, -0.05) is 6.92 Å². The summed E-state index contributed by atoms with van der Waals surface area (Å²) in [6.45, 7) is 4.09. The summed E-state index contributed by atoms with van der Waals surface area (Å²) in [5.74, 6) is -11.6. The van der Waals surface area contributed by atoms with Crippen LogP contribution in [0, 0.1) is 5.92 Å². The predicted octanol–water partition coefficient (Wildman–Crippen LogP) is -9.54. The number of likely N-dealkylation sites (tertiary alicyclic amines) is 4. The average molecular weight is 853 g/mol. The van der Waals surface area contributed by atoms with Gasteiger partial charge in [-0.3, -0.25) is 81.9 Å². The Bertz CT molecular complexity index is 1800. The molecule has 4 aliphatic rings. The standard InChI is InChI=1S/C18H18N4O8.C11H18N2O5.C4H7NO4.Na.H2O.H2/c1-7-3-12(24)20(15(7)27)9-5-14(26)22(17(9)29)10-6-13(25)21(18(10)30)8-4-11(23)19(2)16(8)28;1-6(14)4-8(7(2)15)13-10(16)5-9(12-3)11(17)18;5-2(4(8)9)1-3(6)7;;;/h7-10H,3-6H2,1-2H3;8-9,12H,4-5H2,1-3H3,(H,13,16)(H,17,18);2H,1,5H2,(H,6,7)(H,8,9);;1H2;1H/q;;;+1;;/p-1/i;;;;;1+1. The Kier molecular flexibility index (Phi) is 20.7. The number of carbonyl (C=O) groups is 14. The predicted molar refractivity (Wildman–Crippen MR) is 186 cm³/mol. The van der Waals surface area contributed by atoms with E-state index in [4.69, 9.17) is 15.9 Å². The number of carboxylic acid groups (broad SMARTS) is 3. The maximum Gasteiger partial charge on any atom is 1.00 e. The van der Waals surface area contributed by atoms with Crippen LogP contribution in [0.25, 0.3) is 0 Å². The largest absolute Gasteiger partial charge is 1.00 e. The van der Waals surface area contributed by atoms with E-state index >= 15 is 0 Å². The van der Waals surface area contributed by atoms with Gasteiger partial charge in [0.05, 0.1) is 43.7 Å². The molecule has 7 unspecified atom stereocenters. The van der Waals surface area contributed by atoms with E-state index in [0.717, 1.165) is 9.80 Å². The van der Waals surface area contributed by atoms with Gasteiger partial charge in [0.1, 0.15) is 30.0 Å². The van der Waals surface area contributed by atoms with E-state index < -0.39 is 133 Å². The number of amides is 9. The number of likely N-dealkylation sites (N-methyl/N-ethyl adjacent to an activating group) is 2. The second-order valence-corrected chi connectivity index (χ2v) is 13.4. The zero-order valence-corrected chi connectivity index (χ0v) is 34.9. The molecule has 8 N–H and O–H groups in total. The molecule has 4 saturated heterocycles. The molecule has 26 heteroatoms. The van der Waals surface area contributed by atoms with Gasteiger partial charge >= 0.3 is 41.5 Å². The Hall–Kier alpha value is -5.34. The number of hydrogen-bond donors (Lipinski definition) is 5. The Morgan fingerprint density at radius 2 is 1.15 bits per heavy atom.